The van der Waals surface area contributed by atoms with Gasteiger partial charge < -0.3 is 14.2 Å². The Kier molecular flexibility index (Phi) is 7.52. The molecular weight excluding hydrogens is 486 g/mol. The van der Waals surface area contributed by atoms with Crippen molar-refractivity contribution in [2.45, 2.75) is 19.2 Å². The number of fused-ring (bicyclic) bond motifs is 1. The number of halogens is 1. The summed E-state index contributed by atoms with van der Waals surface area (Å²) in [5.41, 5.74) is 3.86. The summed E-state index contributed by atoms with van der Waals surface area (Å²) in [6.45, 7) is 3.81. The van der Waals surface area contributed by atoms with Gasteiger partial charge in [0.1, 0.15) is 22.3 Å². The first-order valence-electron chi connectivity index (χ1n) is 12.3. The first-order chi connectivity index (χ1) is 18.0. The molecule has 7 nitrogen and oxygen atoms in total. The van der Waals surface area contributed by atoms with Crippen molar-refractivity contribution < 1.29 is 4.74 Å². The van der Waals surface area contributed by atoms with Crippen LogP contribution in [0.5, 0.6) is 0 Å². The lowest BCUT2D eigenvalue weighted by Crippen LogP contribution is -2.55. The minimum atomic E-state index is -0.335. The number of piperazine rings is 1. The van der Waals surface area contributed by atoms with E-state index in [1.807, 2.05) is 36.4 Å². The minimum absolute atomic E-state index is 0.0440. The molecule has 1 fully saturated rings. The average molecular weight is 514 g/mol. The Morgan fingerprint density at radius 1 is 1.03 bits per heavy atom. The molecule has 4 aromatic rings. The molecule has 37 heavy (non-hydrogen) atoms. The van der Waals surface area contributed by atoms with Crippen molar-refractivity contribution in [1.82, 2.24) is 14.5 Å². The maximum Gasteiger partial charge on any atom is 0.270 e. The fourth-order valence-corrected chi connectivity index (χ4v) is 5.09. The molecule has 188 valence electrons. The van der Waals surface area contributed by atoms with Gasteiger partial charge in [0, 0.05) is 33.2 Å². The van der Waals surface area contributed by atoms with Crippen molar-refractivity contribution in [3.8, 4) is 6.07 Å². The molecule has 1 unspecified atom stereocenters. The summed E-state index contributed by atoms with van der Waals surface area (Å²) in [4.78, 5) is 22.1. The van der Waals surface area contributed by atoms with Gasteiger partial charge in [0.2, 0.25) is 0 Å². The second-order valence-corrected chi connectivity index (χ2v) is 9.65. The van der Waals surface area contributed by atoms with Gasteiger partial charge >= 0.3 is 0 Å². The largest absolute Gasteiger partial charge is 0.375 e. The highest BCUT2D eigenvalue weighted by Gasteiger charge is 2.31. The molecule has 0 spiro atoms. The van der Waals surface area contributed by atoms with Crippen LogP contribution in [0, 0.1) is 11.3 Å². The second kappa shape index (κ2) is 11.1. The van der Waals surface area contributed by atoms with E-state index in [2.05, 4.69) is 45.1 Å². The maximum atomic E-state index is 13.1. The molecule has 0 N–H and O–H groups in total. The second-order valence-electron chi connectivity index (χ2n) is 9.26. The molecule has 0 bridgehead atoms. The quantitative estimate of drug-likeness (QED) is 0.342. The van der Waals surface area contributed by atoms with E-state index in [9.17, 15) is 10.1 Å². The van der Waals surface area contributed by atoms with Gasteiger partial charge in [-0.2, -0.15) is 5.26 Å². The number of benzene rings is 2. The number of rotatable bonds is 7. The molecule has 1 aliphatic rings. The van der Waals surface area contributed by atoms with Crippen LogP contribution in [0.2, 0.25) is 5.15 Å². The molecule has 2 aromatic heterocycles. The van der Waals surface area contributed by atoms with Crippen molar-refractivity contribution in [2.75, 3.05) is 31.1 Å². The number of hydrogen-bond acceptors (Lipinski definition) is 6. The number of hydrogen-bond donors (Lipinski definition) is 0. The van der Waals surface area contributed by atoms with Gasteiger partial charge in [-0.3, -0.25) is 9.69 Å². The molecule has 0 aliphatic carbocycles. The van der Waals surface area contributed by atoms with Gasteiger partial charge in [0.25, 0.3) is 5.56 Å². The zero-order chi connectivity index (χ0) is 25.8. The van der Waals surface area contributed by atoms with Crippen LogP contribution in [0.1, 0.15) is 16.7 Å². The van der Waals surface area contributed by atoms with Crippen LogP contribution in [0.3, 0.4) is 0 Å². The highest BCUT2D eigenvalue weighted by molar-refractivity contribution is 6.29. The van der Waals surface area contributed by atoms with E-state index in [4.69, 9.17) is 16.3 Å². The molecule has 0 amide bonds. The van der Waals surface area contributed by atoms with E-state index in [1.165, 1.54) is 10.1 Å². The Labute approximate surface area is 221 Å². The number of aromatic nitrogens is 2. The molecule has 8 heteroatoms. The van der Waals surface area contributed by atoms with E-state index < -0.39 is 0 Å². The minimum Gasteiger partial charge on any atom is -0.375 e. The van der Waals surface area contributed by atoms with Gasteiger partial charge in [0.05, 0.1) is 30.5 Å². The van der Waals surface area contributed by atoms with Crippen LogP contribution in [0.4, 0.5) is 5.69 Å². The van der Waals surface area contributed by atoms with Crippen LogP contribution in [0.25, 0.3) is 11.0 Å². The molecule has 2 aromatic carbocycles. The summed E-state index contributed by atoms with van der Waals surface area (Å²) in [5.74, 6) is 0. The molecule has 5 rings (SSSR count). The van der Waals surface area contributed by atoms with Crippen molar-refractivity contribution >= 4 is 28.3 Å². The lowest BCUT2D eigenvalue weighted by atomic mass is 10.1. The standard InChI is InChI=1S/C29H28ClN5O2/c1-33-25-12-13-26(30)32-27(25)28(24(16-31)29(33)36)35-15-14-34(17-21-8-4-2-5-9-21)23(18-35)20-37-19-22-10-6-3-7-11-22/h2-13,23H,14-15,17-20H2,1H3. The predicted octanol–water partition coefficient (Wildman–Crippen LogP) is 4.37. The summed E-state index contributed by atoms with van der Waals surface area (Å²) < 4.78 is 7.65. The third kappa shape index (κ3) is 5.37. The molecule has 1 saturated heterocycles. The lowest BCUT2D eigenvalue weighted by molar-refractivity contribution is 0.0413. The van der Waals surface area contributed by atoms with Gasteiger partial charge in [0.15, 0.2) is 0 Å². The zero-order valence-corrected chi connectivity index (χ0v) is 21.4. The average Bonchev–Trinajstić information content (AvgIpc) is 2.92. The van der Waals surface area contributed by atoms with Crippen LogP contribution < -0.4 is 10.5 Å². The highest BCUT2D eigenvalue weighted by Crippen LogP contribution is 2.30. The molecule has 0 saturated carbocycles. The first-order valence-corrected chi connectivity index (χ1v) is 12.7. The highest BCUT2D eigenvalue weighted by atomic mass is 35.5. The Hall–Kier alpha value is -3.70. The van der Waals surface area contributed by atoms with Gasteiger partial charge in [-0.1, -0.05) is 72.3 Å². The van der Waals surface area contributed by atoms with Crippen molar-refractivity contribution in [3.63, 3.8) is 0 Å². The maximum absolute atomic E-state index is 13.1. The van der Waals surface area contributed by atoms with E-state index in [0.29, 0.717) is 48.2 Å². The fraction of sp³-hybridized carbons (Fsp3) is 0.276. The molecular formula is C29H28ClN5O2. The molecule has 1 atom stereocenters. The number of nitrogens with zero attached hydrogens (tertiary/aromatic N) is 5. The third-order valence-electron chi connectivity index (χ3n) is 6.86. The van der Waals surface area contributed by atoms with E-state index in [-0.39, 0.29) is 17.2 Å². The Morgan fingerprint density at radius 2 is 1.73 bits per heavy atom. The van der Waals surface area contributed by atoms with Gasteiger partial charge in [-0.25, -0.2) is 4.98 Å². The molecule has 3 heterocycles. The zero-order valence-electron chi connectivity index (χ0n) is 20.7. The van der Waals surface area contributed by atoms with Crippen molar-refractivity contribution in [2.24, 2.45) is 7.05 Å². The van der Waals surface area contributed by atoms with E-state index >= 15 is 0 Å². The Balaban J connectivity index is 1.47. The van der Waals surface area contributed by atoms with Crippen LogP contribution in [0.15, 0.2) is 77.6 Å². The Morgan fingerprint density at radius 3 is 2.43 bits per heavy atom. The fourth-order valence-electron chi connectivity index (χ4n) is 4.95. The number of aryl methyl sites for hydroxylation is 1. The third-order valence-corrected chi connectivity index (χ3v) is 7.07. The smallest absolute Gasteiger partial charge is 0.270 e. The predicted molar refractivity (Wildman–Crippen MR) is 146 cm³/mol. The number of nitriles is 1. The summed E-state index contributed by atoms with van der Waals surface area (Å²) in [5, 5.41) is 10.3. The number of pyridine rings is 2. The molecule has 0 radical (unpaired) electrons. The SMILES string of the molecule is Cn1c(=O)c(C#N)c(N2CCN(Cc3ccccc3)C(COCc3ccccc3)C2)c2nc(Cl)ccc21. The topological polar surface area (TPSA) is 74.4 Å². The Bertz CT molecular complexity index is 1480. The summed E-state index contributed by atoms with van der Waals surface area (Å²) in [7, 11) is 1.66. The van der Waals surface area contributed by atoms with E-state index in [0.717, 1.165) is 18.7 Å². The number of ether oxygens (including phenoxy) is 1. The van der Waals surface area contributed by atoms with Crippen molar-refractivity contribution in [3.05, 3.63) is 105 Å². The first kappa shape index (κ1) is 25.0. The molecule has 1 aliphatic heterocycles. The van der Waals surface area contributed by atoms with Crippen molar-refractivity contribution in [1.29, 1.82) is 5.26 Å². The normalized spacial score (nSPS) is 16.1. The summed E-state index contributed by atoms with van der Waals surface area (Å²) >= 11 is 6.26. The lowest BCUT2D eigenvalue weighted by Gasteiger charge is -2.42. The van der Waals surface area contributed by atoms with Gasteiger partial charge in [-0.15, -0.1) is 0 Å². The van der Waals surface area contributed by atoms with Crippen LogP contribution in [-0.2, 0) is 24.9 Å². The van der Waals surface area contributed by atoms with Gasteiger partial charge in [-0.05, 0) is 23.3 Å². The monoisotopic (exact) mass is 513 g/mol. The summed E-state index contributed by atoms with van der Waals surface area (Å²) in [6.07, 6.45) is 0. The number of anilines is 1. The van der Waals surface area contributed by atoms with Crippen LogP contribution >= 0.6 is 11.6 Å². The van der Waals surface area contributed by atoms with E-state index in [1.54, 1.807) is 19.2 Å². The summed E-state index contributed by atoms with van der Waals surface area (Å²) in [6, 6.07) is 26.1. The van der Waals surface area contributed by atoms with Crippen LogP contribution in [-0.4, -0.2) is 46.7 Å².